The molecule has 11 nitrogen and oxygen atoms in total. The number of ketones is 1. The number of carbonyl (C=O) groups excluding carboxylic acids is 3. The molecule has 0 bridgehead atoms. The highest BCUT2D eigenvalue weighted by Gasteiger charge is 2.28. The second kappa shape index (κ2) is 14.7. The van der Waals surface area contributed by atoms with Gasteiger partial charge in [-0.05, 0) is 74.4 Å². The molecule has 3 aromatic rings. The Morgan fingerprint density at radius 2 is 1.49 bits per heavy atom. The van der Waals surface area contributed by atoms with Crippen LogP contribution in [0.15, 0.2) is 66.7 Å². The van der Waals surface area contributed by atoms with Crippen molar-refractivity contribution in [2.75, 3.05) is 30.2 Å². The van der Waals surface area contributed by atoms with E-state index >= 15 is 0 Å². The molecule has 3 rings (SSSR count). The van der Waals surface area contributed by atoms with E-state index in [9.17, 15) is 24.3 Å². The molecule has 11 heteroatoms. The van der Waals surface area contributed by atoms with E-state index in [1.165, 1.54) is 14.2 Å². The van der Waals surface area contributed by atoms with Crippen LogP contribution in [0.1, 0.15) is 50.3 Å². The van der Waals surface area contributed by atoms with E-state index in [2.05, 4.69) is 21.3 Å². The van der Waals surface area contributed by atoms with Gasteiger partial charge in [0, 0.05) is 29.9 Å². The molecule has 228 valence electrons. The van der Waals surface area contributed by atoms with Crippen molar-refractivity contribution in [1.82, 2.24) is 5.32 Å². The topological polar surface area (TPSA) is 155 Å². The quantitative estimate of drug-likeness (QED) is 0.164. The lowest BCUT2D eigenvalue weighted by Crippen LogP contribution is -2.41. The average Bonchev–Trinajstić information content (AvgIpc) is 2.97. The third-order valence-corrected chi connectivity index (χ3v) is 6.79. The van der Waals surface area contributed by atoms with Gasteiger partial charge in [0.25, 0.3) is 0 Å². The first kappa shape index (κ1) is 32.5. The fourth-order valence-corrected chi connectivity index (χ4v) is 4.37. The van der Waals surface area contributed by atoms with Gasteiger partial charge < -0.3 is 35.8 Å². The number of aliphatic carboxylic acids is 1. The van der Waals surface area contributed by atoms with Crippen molar-refractivity contribution in [2.45, 2.75) is 51.6 Å². The van der Waals surface area contributed by atoms with E-state index in [1.54, 1.807) is 56.3 Å². The number of benzene rings is 3. The first-order valence-electron chi connectivity index (χ1n) is 13.7. The third kappa shape index (κ3) is 9.49. The van der Waals surface area contributed by atoms with E-state index in [-0.39, 0.29) is 31.1 Å². The first-order chi connectivity index (χ1) is 20.4. The average molecular weight is 591 g/mol. The SMILES string of the molecule is COc1ccc(C(CC(=O)O)NC(=O)CCC(=O)C(C)(C)Nc2ccc(NC(=O)Nc3ccccc3C)cc2)cc1OC. The zero-order valence-electron chi connectivity index (χ0n) is 24.9. The predicted octanol–water partition coefficient (Wildman–Crippen LogP) is 5.53. The van der Waals surface area contributed by atoms with Gasteiger partial charge in [0.05, 0.1) is 32.2 Å². The molecular weight excluding hydrogens is 552 g/mol. The van der Waals surface area contributed by atoms with Crippen molar-refractivity contribution in [1.29, 1.82) is 0 Å². The minimum Gasteiger partial charge on any atom is -0.493 e. The van der Waals surface area contributed by atoms with Crippen molar-refractivity contribution in [3.63, 3.8) is 0 Å². The molecular formula is C32H38N4O7. The Morgan fingerprint density at radius 3 is 2.12 bits per heavy atom. The number of urea groups is 1. The van der Waals surface area contributed by atoms with Gasteiger partial charge in [0.2, 0.25) is 5.91 Å². The summed E-state index contributed by atoms with van der Waals surface area (Å²) in [6, 6.07) is 18.1. The number of anilines is 3. The van der Waals surface area contributed by atoms with Crippen LogP contribution in [0.3, 0.4) is 0 Å². The Labute approximate surface area is 251 Å². The summed E-state index contributed by atoms with van der Waals surface area (Å²) < 4.78 is 10.5. The molecule has 0 saturated carbocycles. The van der Waals surface area contributed by atoms with E-state index in [0.29, 0.717) is 34.1 Å². The molecule has 0 spiro atoms. The van der Waals surface area contributed by atoms with Gasteiger partial charge in [0.15, 0.2) is 17.3 Å². The highest BCUT2D eigenvalue weighted by atomic mass is 16.5. The number of aryl methyl sites for hydroxylation is 1. The molecule has 0 aromatic heterocycles. The van der Waals surface area contributed by atoms with Crippen LogP contribution in [-0.2, 0) is 14.4 Å². The maximum absolute atomic E-state index is 13.0. The second-order valence-electron chi connectivity index (χ2n) is 10.5. The molecule has 0 saturated heterocycles. The lowest BCUT2D eigenvalue weighted by molar-refractivity contribution is -0.138. The van der Waals surface area contributed by atoms with Crippen LogP contribution in [-0.4, -0.2) is 48.6 Å². The number of nitrogens with one attached hydrogen (secondary N) is 4. The van der Waals surface area contributed by atoms with E-state index in [4.69, 9.17) is 9.47 Å². The molecule has 1 atom stereocenters. The van der Waals surface area contributed by atoms with E-state index < -0.39 is 23.5 Å². The number of methoxy groups -OCH3 is 2. The van der Waals surface area contributed by atoms with Crippen LogP contribution in [0.5, 0.6) is 11.5 Å². The monoisotopic (exact) mass is 590 g/mol. The number of rotatable bonds is 14. The number of Topliss-reactive ketones (excluding diaryl/α,β-unsaturated/α-hetero) is 1. The standard InChI is InChI=1S/C32H38N4O7/c1-20-8-6-7-9-24(20)35-31(41)33-22-11-13-23(14-12-22)36-32(2,3)28(37)16-17-29(38)34-25(19-30(39)40)21-10-15-26(42-4)27(18-21)43-5/h6-15,18,25,36H,16-17,19H2,1-5H3,(H,34,38)(H,39,40)(H2,33,35,41). The Kier molecular flexibility index (Phi) is 11.1. The van der Waals surface area contributed by atoms with Gasteiger partial charge in [-0.1, -0.05) is 24.3 Å². The lowest BCUT2D eigenvalue weighted by atomic mass is 9.94. The number of para-hydroxylation sites is 1. The van der Waals surface area contributed by atoms with Crippen LogP contribution < -0.4 is 30.7 Å². The van der Waals surface area contributed by atoms with Crippen LogP contribution >= 0.6 is 0 Å². The van der Waals surface area contributed by atoms with Crippen LogP contribution in [0, 0.1) is 6.92 Å². The number of hydrogen-bond acceptors (Lipinski definition) is 7. The molecule has 0 fully saturated rings. The second-order valence-corrected chi connectivity index (χ2v) is 10.5. The normalized spacial score (nSPS) is 11.6. The van der Waals surface area contributed by atoms with Crippen molar-refractivity contribution in [3.05, 3.63) is 77.9 Å². The predicted molar refractivity (Wildman–Crippen MR) is 165 cm³/mol. The van der Waals surface area contributed by atoms with Gasteiger partial charge in [-0.3, -0.25) is 14.4 Å². The molecule has 0 aliphatic carbocycles. The van der Waals surface area contributed by atoms with Crippen molar-refractivity contribution in [3.8, 4) is 11.5 Å². The minimum atomic E-state index is -1.09. The molecule has 0 heterocycles. The Hall–Kier alpha value is -5.06. The smallest absolute Gasteiger partial charge is 0.323 e. The number of hydrogen-bond donors (Lipinski definition) is 5. The summed E-state index contributed by atoms with van der Waals surface area (Å²) in [7, 11) is 2.95. The number of ether oxygens (including phenoxy) is 2. The maximum Gasteiger partial charge on any atom is 0.323 e. The van der Waals surface area contributed by atoms with Crippen LogP contribution in [0.25, 0.3) is 0 Å². The van der Waals surface area contributed by atoms with Crippen LogP contribution in [0.4, 0.5) is 21.9 Å². The summed E-state index contributed by atoms with van der Waals surface area (Å²) in [6.45, 7) is 5.33. The van der Waals surface area contributed by atoms with Crippen molar-refractivity contribution in [2.24, 2.45) is 0 Å². The number of carboxylic acid groups (broad SMARTS) is 1. The first-order valence-corrected chi connectivity index (χ1v) is 13.7. The van der Waals surface area contributed by atoms with E-state index in [1.807, 2.05) is 31.2 Å². The van der Waals surface area contributed by atoms with Crippen molar-refractivity contribution >= 4 is 40.8 Å². The van der Waals surface area contributed by atoms with Crippen molar-refractivity contribution < 1.29 is 33.8 Å². The molecule has 0 radical (unpaired) electrons. The van der Waals surface area contributed by atoms with Gasteiger partial charge in [0.1, 0.15) is 0 Å². The molecule has 0 aliphatic heterocycles. The molecule has 5 N–H and O–H groups in total. The maximum atomic E-state index is 13.0. The van der Waals surface area contributed by atoms with Gasteiger partial charge in [-0.15, -0.1) is 0 Å². The Morgan fingerprint density at radius 1 is 0.837 bits per heavy atom. The Balaban J connectivity index is 1.54. The largest absolute Gasteiger partial charge is 0.493 e. The molecule has 1 unspecified atom stereocenters. The third-order valence-electron chi connectivity index (χ3n) is 6.79. The summed E-state index contributed by atoms with van der Waals surface area (Å²) in [5.74, 6) is -0.869. The summed E-state index contributed by atoms with van der Waals surface area (Å²) in [4.78, 5) is 49.6. The summed E-state index contributed by atoms with van der Waals surface area (Å²) in [5.41, 5.74) is 2.42. The number of carbonyl (C=O) groups is 4. The fourth-order valence-electron chi connectivity index (χ4n) is 4.37. The molecule has 3 aromatic carbocycles. The fraction of sp³-hybridized carbons (Fsp3) is 0.312. The van der Waals surface area contributed by atoms with Crippen LogP contribution in [0.2, 0.25) is 0 Å². The summed E-state index contributed by atoms with van der Waals surface area (Å²) in [5, 5.41) is 20.9. The minimum absolute atomic E-state index is 0.0593. The van der Waals surface area contributed by atoms with Gasteiger partial charge >= 0.3 is 12.0 Å². The highest BCUT2D eigenvalue weighted by molar-refractivity contribution is 6.00. The summed E-state index contributed by atoms with van der Waals surface area (Å²) in [6.07, 6.45) is -0.525. The van der Waals surface area contributed by atoms with Gasteiger partial charge in [-0.2, -0.15) is 0 Å². The molecule has 3 amide bonds. The number of amides is 3. The van der Waals surface area contributed by atoms with Gasteiger partial charge in [-0.25, -0.2) is 4.79 Å². The summed E-state index contributed by atoms with van der Waals surface area (Å²) >= 11 is 0. The zero-order chi connectivity index (χ0) is 31.6. The number of carboxylic acids is 1. The van der Waals surface area contributed by atoms with E-state index in [0.717, 1.165) is 5.56 Å². The molecule has 0 aliphatic rings. The zero-order valence-corrected chi connectivity index (χ0v) is 24.9. The molecule has 43 heavy (non-hydrogen) atoms. The lowest BCUT2D eigenvalue weighted by Gasteiger charge is -2.26. The Bertz CT molecular complexity index is 1450. The highest BCUT2D eigenvalue weighted by Crippen LogP contribution is 2.31.